The number of esters is 1. The number of anilines is 1. The van der Waals surface area contributed by atoms with E-state index in [9.17, 15) is 28.0 Å². The first-order valence-corrected chi connectivity index (χ1v) is 14.3. The van der Waals surface area contributed by atoms with Crippen LogP contribution in [0.3, 0.4) is 0 Å². The molecule has 2 aromatic rings. The van der Waals surface area contributed by atoms with E-state index in [1.165, 1.54) is 11.8 Å². The third kappa shape index (κ3) is 8.62. The molecule has 2 atom stereocenters. The number of hydrogen-bond donors (Lipinski definition) is 1. The molecule has 12 heteroatoms. The van der Waals surface area contributed by atoms with Gasteiger partial charge < -0.3 is 24.3 Å². The second kappa shape index (κ2) is 14.4. The molecule has 1 aliphatic heterocycles. The highest BCUT2D eigenvalue weighted by Crippen LogP contribution is 2.36. The van der Waals surface area contributed by atoms with Crippen molar-refractivity contribution in [1.29, 1.82) is 0 Å². The standard InChI is InChI=1S/C30H31F3N2O6S/c1-2-39-29(37)26(41-19-30(31,32)33)16-20-7-10-23(11-8-20)40-14-13-35-25-12-9-21(17-27(25)42-18-28(35)36)15-22-5-3-4-6-24(22)34-38/h3-12,17,22,26,38H,2,13-16,18-19H2,1H3. The summed E-state index contributed by atoms with van der Waals surface area (Å²) in [4.78, 5) is 27.5. The molecule has 0 radical (unpaired) electrons. The van der Waals surface area contributed by atoms with E-state index in [1.54, 1.807) is 42.2 Å². The number of hydrogen-bond acceptors (Lipinski definition) is 8. The van der Waals surface area contributed by atoms with Crippen molar-refractivity contribution in [2.24, 2.45) is 11.1 Å². The van der Waals surface area contributed by atoms with Crippen LogP contribution in [0.25, 0.3) is 0 Å². The number of amides is 1. The number of carbonyl (C=O) groups is 2. The minimum absolute atomic E-state index is 0.0258. The lowest BCUT2D eigenvalue weighted by Crippen LogP contribution is -2.38. The van der Waals surface area contributed by atoms with Gasteiger partial charge in [0.2, 0.25) is 5.91 Å². The van der Waals surface area contributed by atoms with Gasteiger partial charge in [0.05, 0.1) is 30.3 Å². The lowest BCUT2D eigenvalue weighted by Gasteiger charge is -2.29. The lowest BCUT2D eigenvalue weighted by atomic mass is 9.91. The van der Waals surface area contributed by atoms with Crippen LogP contribution in [0.2, 0.25) is 0 Å². The van der Waals surface area contributed by atoms with E-state index in [0.717, 1.165) is 16.1 Å². The van der Waals surface area contributed by atoms with Crippen molar-refractivity contribution in [2.45, 2.75) is 36.9 Å². The second-order valence-electron chi connectivity index (χ2n) is 9.58. The summed E-state index contributed by atoms with van der Waals surface area (Å²) in [6.45, 7) is 0.575. The molecule has 0 saturated heterocycles. The monoisotopic (exact) mass is 604 g/mol. The normalized spacial score (nSPS) is 18.2. The van der Waals surface area contributed by atoms with Gasteiger partial charge in [-0.2, -0.15) is 13.2 Å². The van der Waals surface area contributed by atoms with Crippen LogP contribution in [0.4, 0.5) is 18.9 Å². The van der Waals surface area contributed by atoms with Gasteiger partial charge >= 0.3 is 12.1 Å². The van der Waals surface area contributed by atoms with Crippen molar-refractivity contribution in [2.75, 3.05) is 37.0 Å². The van der Waals surface area contributed by atoms with Gasteiger partial charge in [0.1, 0.15) is 19.0 Å². The van der Waals surface area contributed by atoms with Crippen LogP contribution in [-0.2, 0) is 31.9 Å². The molecule has 2 aromatic carbocycles. The Morgan fingerprint density at radius 2 is 1.93 bits per heavy atom. The zero-order valence-electron chi connectivity index (χ0n) is 22.9. The van der Waals surface area contributed by atoms with Crippen molar-refractivity contribution in [3.63, 3.8) is 0 Å². The highest BCUT2D eigenvalue weighted by molar-refractivity contribution is 8.00. The Kier molecular flexibility index (Phi) is 10.7. The first-order chi connectivity index (χ1) is 20.2. The van der Waals surface area contributed by atoms with Gasteiger partial charge in [-0.1, -0.05) is 41.6 Å². The molecule has 8 nitrogen and oxygen atoms in total. The second-order valence-corrected chi connectivity index (χ2v) is 10.6. The first kappa shape index (κ1) is 31.2. The number of carbonyl (C=O) groups excluding carboxylic acids is 2. The maximum atomic E-state index is 12.7. The zero-order chi connectivity index (χ0) is 30.1. The zero-order valence-corrected chi connectivity index (χ0v) is 23.7. The van der Waals surface area contributed by atoms with Gasteiger partial charge in [-0.25, -0.2) is 4.79 Å². The fraction of sp³-hybridized carbons (Fsp3) is 0.367. The van der Waals surface area contributed by atoms with Crippen molar-refractivity contribution in [1.82, 2.24) is 0 Å². The Morgan fingerprint density at radius 1 is 1.17 bits per heavy atom. The van der Waals surface area contributed by atoms with Gasteiger partial charge in [-0.05, 0) is 54.8 Å². The smallest absolute Gasteiger partial charge is 0.411 e. The maximum absolute atomic E-state index is 12.7. The van der Waals surface area contributed by atoms with E-state index >= 15 is 0 Å². The molecule has 1 aliphatic carbocycles. The van der Waals surface area contributed by atoms with E-state index in [4.69, 9.17) is 14.2 Å². The van der Waals surface area contributed by atoms with Crippen LogP contribution in [0, 0.1) is 5.92 Å². The lowest BCUT2D eigenvalue weighted by molar-refractivity contribution is -0.194. The Balaban J connectivity index is 1.33. The van der Waals surface area contributed by atoms with Gasteiger partial charge in [-0.15, -0.1) is 11.8 Å². The van der Waals surface area contributed by atoms with E-state index < -0.39 is 24.9 Å². The molecule has 0 spiro atoms. The minimum atomic E-state index is -4.57. The average molecular weight is 605 g/mol. The molecule has 1 N–H and O–H groups in total. The fourth-order valence-electron chi connectivity index (χ4n) is 4.56. The summed E-state index contributed by atoms with van der Waals surface area (Å²) in [7, 11) is 0. The molecule has 2 unspecified atom stereocenters. The summed E-state index contributed by atoms with van der Waals surface area (Å²) in [6.07, 6.45) is 2.14. The SMILES string of the molecule is CCOC(=O)C(Cc1ccc(OCCN2C(=O)CSc3cc(CC4C=CC=CC4=NO)ccc32)cc1)OCC(F)(F)F. The van der Waals surface area contributed by atoms with Gasteiger partial charge in [-0.3, -0.25) is 4.79 Å². The number of oxime groups is 1. The average Bonchev–Trinajstić information content (AvgIpc) is 2.97. The van der Waals surface area contributed by atoms with Crippen LogP contribution in [0.15, 0.2) is 76.8 Å². The Hall–Kier alpha value is -3.77. The summed E-state index contributed by atoms with van der Waals surface area (Å²) in [5.74, 6) is -0.109. The number of ether oxygens (including phenoxy) is 3. The number of benzene rings is 2. The highest BCUT2D eigenvalue weighted by atomic mass is 32.2. The molecule has 0 aromatic heterocycles. The largest absolute Gasteiger partial charge is 0.492 e. The highest BCUT2D eigenvalue weighted by Gasteiger charge is 2.32. The summed E-state index contributed by atoms with van der Waals surface area (Å²) in [5.41, 5.74) is 3.04. The minimum Gasteiger partial charge on any atom is -0.492 e. The Labute approximate surface area is 245 Å². The molecule has 0 fully saturated rings. The number of alkyl halides is 3. The third-order valence-corrected chi connectivity index (χ3v) is 7.59. The van der Waals surface area contributed by atoms with Gasteiger partial charge in [0.25, 0.3) is 0 Å². The molecular weight excluding hydrogens is 573 g/mol. The topological polar surface area (TPSA) is 97.7 Å². The van der Waals surface area contributed by atoms with Crippen molar-refractivity contribution >= 4 is 35.0 Å². The van der Waals surface area contributed by atoms with Crippen LogP contribution in [0.1, 0.15) is 18.1 Å². The first-order valence-electron chi connectivity index (χ1n) is 13.4. The molecule has 42 heavy (non-hydrogen) atoms. The summed E-state index contributed by atoms with van der Waals surface area (Å²) >= 11 is 1.48. The molecule has 0 saturated carbocycles. The third-order valence-electron chi connectivity index (χ3n) is 6.57. The number of rotatable bonds is 12. The quantitative estimate of drug-likeness (QED) is 0.198. The van der Waals surface area contributed by atoms with Crippen LogP contribution >= 0.6 is 11.8 Å². The van der Waals surface area contributed by atoms with Crippen LogP contribution < -0.4 is 9.64 Å². The summed E-state index contributed by atoms with van der Waals surface area (Å²) in [6, 6.07) is 12.5. The molecular formula is C30H31F3N2O6S. The number of nitrogens with zero attached hydrogens (tertiary/aromatic N) is 2. The van der Waals surface area contributed by atoms with E-state index in [0.29, 0.717) is 35.7 Å². The number of fused-ring (bicyclic) bond motifs is 1. The van der Waals surface area contributed by atoms with Gasteiger partial charge in [0.15, 0.2) is 6.10 Å². The maximum Gasteiger partial charge on any atom is 0.411 e. The van der Waals surface area contributed by atoms with Crippen molar-refractivity contribution < 1.29 is 42.2 Å². The number of thioether (sulfide) groups is 1. The molecule has 224 valence electrons. The predicted molar refractivity (Wildman–Crippen MR) is 152 cm³/mol. The summed E-state index contributed by atoms with van der Waals surface area (Å²) in [5, 5.41) is 12.7. The Morgan fingerprint density at radius 3 is 2.64 bits per heavy atom. The summed E-state index contributed by atoms with van der Waals surface area (Å²) < 4.78 is 53.3. The molecule has 0 bridgehead atoms. The van der Waals surface area contributed by atoms with Crippen LogP contribution in [-0.4, -0.2) is 67.2 Å². The van der Waals surface area contributed by atoms with Crippen molar-refractivity contribution in [3.05, 3.63) is 77.9 Å². The molecule has 1 heterocycles. The fourth-order valence-corrected chi connectivity index (χ4v) is 5.56. The number of halogens is 3. The van der Waals surface area contributed by atoms with Crippen LogP contribution in [0.5, 0.6) is 5.75 Å². The molecule has 4 rings (SSSR count). The number of allylic oxidation sites excluding steroid dienone is 4. The van der Waals surface area contributed by atoms with E-state index in [2.05, 4.69) is 11.2 Å². The van der Waals surface area contributed by atoms with Crippen molar-refractivity contribution in [3.8, 4) is 5.75 Å². The van der Waals surface area contributed by atoms with Gasteiger partial charge in [0, 0.05) is 17.2 Å². The predicted octanol–water partition coefficient (Wildman–Crippen LogP) is 5.37. The Bertz CT molecular complexity index is 1340. The molecule has 1 amide bonds. The van der Waals surface area contributed by atoms with E-state index in [1.807, 2.05) is 30.4 Å². The molecule has 2 aliphatic rings. The van der Waals surface area contributed by atoms with E-state index in [-0.39, 0.29) is 31.5 Å².